The van der Waals surface area contributed by atoms with Gasteiger partial charge in [0, 0.05) is 6.92 Å². The normalized spacial score (nSPS) is 13.0. The zero-order chi connectivity index (χ0) is 11.8. The van der Waals surface area contributed by atoms with Gasteiger partial charge in [-0.25, -0.2) is 4.79 Å². The van der Waals surface area contributed by atoms with Gasteiger partial charge >= 0.3 is 11.9 Å². The molecule has 0 saturated heterocycles. The van der Waals surface area contributed by atoms with Gasteiger partial charge in [0.05, 0.1) is 0 Å². The summed E-state index contributed by atoms with van der Waals surface area (Å²) in [6.07, 6.45) is 6.06. The number of ether oxygens (including phenoxy) is 1. The number of carbonyl (C=O) groups is 2. The zero-order valence-electron chi connectivity index (χ0n) is 8.98. The molecule has 0 bridgehead atoms. The summed E-state index contributed by atoms with van der Waals surface area (Å²) in [6.45, 7) is 4.58. The Morgan fingerprint density at radius 3 is 2.20 bits per heavy atom. The number of allylic oxidation sites excluding steroid dienone is 4. The number of esters is 1. The van der Waals surface area contributed by atoms with Crippen molar-refractivity contribution in [1.82, 2.24) is 0 Å². The number of carboxylic acid groups (broad SMARTS) is 1. The SMILES string of the molecule is C\C=C/C=C(C(=O)O)\C(=C/C)OC(C)=O. The molecule has 0 heterocycles. The summed E-state index contributed by atoms with van der Waals surface area (Å²) in [4.78, 5) is 21.6. The Kier molecular flexibility index (Phi) is 5.78. The first-order valence-corrected chi connectivity index (χ1v) is 4.44. The van der Waals surface area contributed by atoms with E-state index in [2.05, 4.69) is 0 Å². The van der Waals surface area contributed by atoms with E-state index in [1.54, 1.807) is 26.0 Å². The summed E-state index contributed by atoms with van der Waals surface area (Å²) >= 11 is 0. The standard InChI is InChI=1S/C11H14O4/c1-4-6-7-9(11(13)14)10(5-2)15-8(3)12/h4-7H,1-3H3,(H,13,14)/b6-4-,9-7+,10-5+. The molecule has 0 unspecified atom stereocenters. The molecule has 0 aromatic rings. The van der Waals surface area contributed by atoms with Crippen LogP contribution in [0.15, 0.2) is 35.6 Å². The molecule has 0 saturated carbocycles. The third-order valence-corrected chi connectivity index (χ3v) is 1.47. The van der Waals surface area contributed by atoms with Gasteiger partial charge in [-0.05, 0) is 26.0 Å². The van der Waals surface area contributed by atoms with Crippen molar-refractivity contribution >= 4 is 11.9 Å². The maximum atomic E-state index is 10.9. The Hall–Kier alpha value is -1.84. The highest BCUT2D eigenvalue weighted by atomic mass is 16.5. The average Bonchev–Trinajstić information content (AvgIpc) is 2.15. The topological polar surface area (TPSA) is 63.6 Å². The fourth-order valence-electron chi connectivity index (χ4n) is 0.876. The number of hydrogen-bond acceptors (Lipinski definition) is 3. The fourth-order valence-corrected chi connectivity index (χ4v) is 0.876. The summed E-state index contributed by atoms with van der Waals surface area (Å²) in [5.74, 6) is -1.63. The minimum atomic E-state index is -1.14. The van der Waals surface area contributed by atoms with Gasteiger partial charge in [0.2, 0.25) is 0 Å². The van der Waals surface area contributed by atoms with E-state index in [0.717, 1.165) is 0 Å². The smallest absolute Gasteiger partial charge is 0.339 e. The second kappa shape index (κ2) is 6.59. The molecule has 0 rings (SSSR count). The van der Waals surface area contributed by atoms with Gasteiger partial charge < -0.3 is 9.84 Å². The first-order chi connectivity index (χ1) is 7.02. The average molecular weight is 210 g/mol. The van der Waals surface area contributed by atoms with Gasteiger partial charge in [-0.15, -0.1) is 0 Å². The Balaban J connectivity index is 5.05. The molecule has 4 nitrogen and oxygen atoms in total. The predicted octanol–water partition coefficient (Wildman–Crippen LogP) is 2.04. The number of hydrogen-bond donors (Lipinski definition) is 1. The van der Waals surface area contributed by atoms with E-state index in [1.807, 2.05) is 0 Å². The van der Waals surface area contributed by atoms with E-state index in [0.29, 0.717) is 0 Å². The zero-order valence-corrected chi connectivity index (χ0v) is 8.98. The van der Waals surface area contributed by atoms with Gasteiger partial charge in [0.25, 0.3) is 0 Å². The minimum Gasteiger partial charge on any atom is -0.478 e. The highest BCUT2D eigenvalue weighted by molar-refractivity contribution is 5.92. The maximum absolute atomic E-state index is 10.9. The summed E-state index contributed by atoms with van der Waals surface area (Å²) < 4.78 is 4.76. The van der Waals surface area contributed by atoms with E-state index in [1.165, 1.54) is 19.1 Å². The summed E-state index contributed by atoms with van der Waals surface area (Å²) in [6, 6.07) is 0. The molecule has 0 fully saturated rings. The van der Waals surface area contributed by atoms with Crippen LogP contribution in [0.2, 0.25) is 0 Å². The van der Waals surface area contributed by atoms with Crippen LogP contribution in [0.3, 0.4) is 0 Å². The Morgan fingerprint density at radius 2 is 1.87 bits per heavy atom. The van der Waals surface area contributed by atoms with Crippen molar-refractivity contribution in [1.29, 1.82) is 0 Å². The minimum absolute atomic E-state index is 0.0492. The van der Waals surface area contributed by atoms with Crippen molar-refractivity contribution in [3.63, 3.8) is 0 Å². The Morgan fingerprint density at radius 1 is 1.27 bits per heavy atom. The molecule has 0 spiro atoms. The fraction of sp³-hybridized carbons (Fsp3) is 0.273. The van der Waals surface area contributed by atoms with Gasteiger partial charge in [-0.1, -0.05) is 12.2 Å². The van der Waals surface area contributed by atoms with Crippen molar-refractivity contribution < 1.29 is 19.4 Å². The molecule has 1 N–H and O–H groups in total. The number of carboxylic acids is 1. The van der Waals surface area contributed by atoms with Crippen LogP contribution in [-0.2, 0) is 14.3 Å². The summed E-state index contributed by atoms with van der Waals surface area (Å²) in [5, 5.41) is 8.88. The first kappa shape index (κ1) is 13.2. The van der Waals surface area contributed by atoms with Crippen molar-refractivity contribution in [2.24, 2.45) is 0 Å². The lowest BCUT2D eigenvalue weighted by Crippen LogP contribution is -2.08. The molecule has 15 heavy (non-hydrogen) atoms. The molecular weight excluding hydrogens is 196 g/mol. The Labute approximate surface area is 88.6 Å². The van der Waals surface area contributed by atoms with Crippen LogP contribution >= 0.6 is 0 Å². The van der Waals surface area contributed by atoms with Gasteiger partial charge in [0.1, 0.15) is 11.3 Å². The van der Waals surface area contributed by atoms with E-state index in [9.17, 15) is 9.59 Å². The van der Waals surface area contributed by atoms with Crippen LogP contribution in [0.5, 0.6) is 0 Å². The highest BCUT2D eigenvalue weighted by Crippen LogP contribution is 2.12. The van der Waals surface area contributed by atoms with E-state index in [-0.39, 0.29) is 11.3 Å². The third kappa shape index (κ3) is 4.81. The number of rotatable bonds is 4. The van der Waals surface area contributed by atoms with E-state index in [4.69, 9.17) is 9.84 Å². The molecule has 0 aliphatic rings. The molecule has 0 aliphatic carbocycles. The van der Waals surface area contributed by atoms with Gasteiger partial charge in [-0.2, -0.15) is 0 Å². The molecule has 0 aromatic heterocycles. The van der Waals surface area contributed by atoms with Crippen molar-refractivity contribution in [3.05, 3.63) is 35.6 Å². The van der Waals surface area contributed by atoms with Crippen molar-refractivity contribution in [3.8, 4) is 0 Å². The molecule has 0 radical (unpaired) electrons. The molecule has 0 atom stereocenters. The lowest BCUT2D eigenvalue weighted by molar-refractivity contribution is -0.137. The highest BCUT2D eigenvalue weighted by Gasteiger charge is 2.14. The van der Waals surface area contributed by atoms with Crippen LogP contribution in [0.25, 0.3) is 0 Å². The first-order valence-electron chi connectivity index (χ1n) is 4.44. The van der Waals surface area contributed by atoms with E-state index >= 15 is 0 Å². The monoisotopic (exact) mass is 210 g/mol. The van der Waals surface area contributed by atoms with Crippen LogP contribution in [0.1, 0.15) is 20.8 Å². The molecular formula is C11H14O4. The molecule has 4 heteroatoms. The van der Waals surface area contributed by atoms with Crippen LogP contribution < -0.4 is 0 Å². The lowest BCUT2D eigenvalue weighted by atomic mass is 10.2. The van der Waals surface area contributed by atoms with Gasteiger partial charge in [-0.3, -0.25) is 4.79 Å². The molecule has 0 aromatic carbocycles. The summed E-state index contributed by atoms with van der Waals surface area (Å²) in [7, 11) is 0. The van der Waals surface area contributed by atoms with E-state index < -0.39 is 11.9 Å². The second-order valence-electron chi connectivity index (χ2n) is 2.66. The lowest BCUT2D eigenvalue weighted by Gasteiger charge is -2.06. The predicted molar refractivity (Wildman–Crippen MR) is 56.1 cm³/mol. The summed E-state index contributed by atoms with van der Waals surface area (Å²) in [5.41, 5.74) is -0.0502. The number of aliphatic carboxylic acids is 1. The number of carbonyl (C=O) groups excluding carboxylic acids is 1. The second-order valence-corrected chi connectivity index (χ2v) is 2.66. The van der Waals surface area contributed by atoms with Gasteiger partial charge in [0.15, 0.2) is 0 Å². The molecule has 0 aliphatic heterocycles. The Bertz CT molecular complexity index is 334. The maximum Gasteiger partial charge on any atom is 0.339 e. The largest absolute Gasteiger partial charge is 0.478 e. The van der Waals surface area contributed by atoms with Crippen LogP contribution in [0, 0.1) is 0 Å². The van der Waals surface area contributed by atoms with Crippen LogP contribution in [-0.4, -0.2) is 17.0 Å². The van der Waals surface area contributed by atoms with Crippen molar-refractivity contribution in [2.45, 2.75) is 20.8 Å². The molecule has 82 valence electrons. The quantitative estimate of drug-likeness (QED) is 0.334. The van der Waals surface area contributed by atoms with Crippen LogP contribution in [0.4, 0.5) is 0 Å². The third-order valence-electron chi connectivity index (χ3n) is 1.47. The van der Waals surface area contributed by atoms with Crippen molar-refractivity contribution in [2.75, 3.05) is 0 Å². The molecule has 0 amide bonds.